The van der Waals surface area contributed by atoms with Crippen molar-refractivity contribution in [3.8, 4) is 17.1 Å². The molecule has 152 valence electrons. The molecule has 3 N–H and O–H groups in total. The Hall–Kier alpha value is -3.27. The van der Waals surface area contributed by atoms with E-state index in [1.807, 2.05) is 18.2 Å². The van der Waals surface area contributed by atoms with Crippen molar-refractivity contribution in [1.29, 1.82) is 0 Å². The Kier molecular flexibility index (Phi) is 5.01. The maximum atomic E-state index is 12.9. The number of benzene rings is 2. The van der Waals surface area contributed by atoms with Crippen molar-refractivity contribution < 1.29 is 23.0 Å². The van der Waals surface area contributed by atoms with Gasteiger partial charge in [0.05, 0.1) is 24.4 Å². The molecule has 0 amide bonds. The van der Waals surface area contributed by atoms with E-state index >= 15 is 0 Å². The van der Waals surface area contributed by atoms with Gasteiger partial charge in [-0.3, -0.25) is 0 Å². The summed E-state index contributed by atoms with van der Waals surface area (Å²) >= 11 is 0. The summed E-state index contributed by atoms with van der Waals surface area (Å²) in [5, 5.41) is 19.6. The lowest BCUT2D eigenvalue weighted by molar-refractivity contribution is -0.137. The number of aliphatic hydroxyl groups excluding tert-OH is 1. The Morgan fingerprint density at radius 3 is 2.86 bits per heavy atom. The van der Waals surface area contributed by atoms with E-state index in [0.717, 1.165) is 24.4 Å². The number of nitrogens with zero attached hydrogens (tertiary/aromatic N) is 3. The molecular formula is C19H18F3N5O2. The van der Waals surface area contributed by atoms with Gasteiger partial charge in [-0.15, -0.1) is 5.10 Å². The summed E-state index contributed by atoms with van der Waals surface area (Å²) in [6.45, 7) is 1.28. The maximum Gasteiger partial charge on any atom is 0.416 e. The van der Waals surface area contributed by atoms with Crippen molar-refractivity contribution in [2.45, 2.75) is 12.7 Å². The molecule has 0 radical (unpaired) electrons. The predicted octanol–water partition coefficient (Wildman–Crippen LogP) is 3.50. The number of aliphatic hydroxyl groups is 1. The highest BCUT2D eigenvalue weighted by molar-refractivity contribution is 5.69. The molecule has 29 heavy (non-hydrogen) atoms. The van der Waals surface area contributed by atoms with Crippen LogP contribution in [0.25, 0.3) is 11.4 Å². The highest BCUT2D eigenvalue weighted by atomic mass is 19.4. The van der Waals surface area contributed by atoms with Crippen LogP contribution in [0, 0.1) is 0 Å². The summed E-state index contributed by atoms with van der Waals surface area (Å²) in [4.78, 5) is 4.41. The Balaban J connectivity index is 1.65. The minimum Gasteiger partial charge on any atom is -0.490 e. The van der Waals surface area contributed by atoms with Gasteiger partial charge in [0.15, 0.2) is 5.82 Å². The van der Waals surface area contributed by atoms with Crippen LogP contribution in [0.4, 0.5) is 30.5 Å². The minimum atomic E-state index is -4.44. The Morgan fingerprint density at radius 2 is 2.07 bits per heavy atom. The number of rotatable bonds is 5. The fraction of sp³-hybridized carbons (Fsp3) is 0.263. The van der Waals surface area contributed by atoms with Gasteiger partial charge in [-0.1, -0.05) is 6.07 Å². The third-order valence-electron chi connectivity index (χ3n) is 4.34. The number of hydrogen-bond donors (Lipinski definition) is 3. The molecule has 0 spiro atoms. The number of nitrogens with one attached hydrogen (secondary N) is 2. The standard InChI is InChI=1S/C19H18F3N5O2/c20-19(21,22)13-2-1-3-14(11-13)24-18-25-17(27(26-18)7-8-28)12-4-5-15-16(10-12)29-9-6-23-15/h1-5,10-11,23,28H,6-9H2,(H,24,26). The van der Waals surface area contributed by atoms with Crippen molar-refractivity contribution in [3.05, 3.63) is 48.0 Å². The van der Waals surface area contributed by atoms with Gasteiger partial charge in [-0.05, 0) is 36.4 Å². The van der Waals surface area contributed by atoms with Crippen molar-refractivity contribution >= 4 is 17.3 Å². The SMILES string of the molecule is OCCn1nc(Nc2cccc(C(F)(F)F)c2)nc1-c1ccc2c(c1)OCCN2. The van der Waals surface area contributed by atoms with Crippen LogP contribution in [0.1, 0.15) is 5.56 Å². The summed E-state index contributed by atoms with van der Waals surface area (Å²) in [5.41, 5.74) is 1.03. The summed E-state index contributed by atoms with van der Waals surface area (Å²) in [6, 6.07) is 10.3. The van der Waals surface area contributed by atoms with E-state index in [-0.39, 0.29) is 24.8 Å². The van der Waals surface area contributed by atoms with Crippen LogP contribution in [-0.2, 0) is 12.7 Å². The van der Waals surface area contributed by atoms with Gasteiger partial charge >= 0.3 is 6.18 Å². The van der Waals surface area contributed by atoms with E-state index in [0.29, 0.717) is 23.7 Å². The number of alkyl halides is 3. The second kappa shape index (κ2) is 7.63. The van der Waals surface area contributed by atoms with Crippen molar-refractivity contribution in [1.82, 2.24) is 14.8 Å². The lowest BCUT2D eigenvalue weighted by Gasteiger charge is -2.19. The van der Waals surface area contributed by atoms with E-state index in [9.17, 15) is 18.3 Å². The van der Waals surface area contributed by atoms with E-state index in [1.165, 1.54) is 16.8 Å². The average Bonchev–Trinajstić information content (AvgIpc) is 3.10. The van der Waals surface area contributed by atoms with Crippen LogP contribution in [0.2, 0.25) is 0 Å². The lowest BCUT2D eigenvalue weighted by atomic mass is 10.1. The summed E-state index contributed by atoms with van der Waals surface area (Å²) < 4.78 is 45.9. The number of fused-ring (bicyclic) bond motifs is 1. The third kappa shape index (κ3) is 4.11. The van der Waals surface area contributed by atoms with Crippen molar-refractivity contribution in [3.63, 3.8) is 0 Å². The maximum absolute atomic E-state index is 12.9. The van der Waals surface area contributed by atoms with E-state index < -0.39 is 11.7 Å². The molecule has 0 aliphatic carbocycles. The first-order valence-corrected chi connectivity index (χ1v) is 8.95. The number of anilines is 3. The fourth-order valence-corrected chi connectivity index (χ4v) is 3.04. The molecule has 0 bridgehead atoms. The van der Waals surface area contributed by atoms with Gasteiger partial charge in [-0.2, -0.15) is 18.2 Å². The molecule has 0 saturated carbocycles. The topological polar surface area (TPSA) is 84.2 Å². The van der Waals surface area contributed by atoms with Gasteiger partial charge in [0, 0.05) is 17.8 Å². The van der Waals surface area contributed by atoms with Crippen LogP contribution in [-0.4, -0.2) is 39.6 Å². The largest absolute Gasteiger partial charge is 0.490 e. The van der Waals surface area contributed by atoms with Gasteiger partial charge in [0.25, 0.3) is 0 Å². The quantitative estimate of drug-likeness (QED) is 0.603. The Morgan fingerprint density at radius 1 is 1.21 bits per heavy atom. The highest BCUT2D eigenvalue weighted by Crippen LogP contribution is 2.33. The smallest absolute Gasteiger partial charge is 0.416 e. The van der Waals surface area contributed by atoms with Crippen molar-refractivity contribution in [2.24, 2.45) is 0 Å². The number of hydrogen-bond acceptors (Lipinski definition) is 6. The average molecular weight is 405 g/mol. The molecule has 3 aromatic rings. The molecular weight excluding hydrogens is 387 g/mol. The second-order valence-corrected chi connectivity index (χ2v) is 6.40. The molecule has 0 saturated heterocycles. The molecule has 10 heteroatoms. The van der Waals surface area contributed by atoms with Crippen LogP contribution < -0.4 is 15.4 Å². The van der Waals surface area contributed by atoms with Crippen LogP contribution >= 0.6 is 0 Å². The third-order valence-corrected chi connectivity index (χ3v) is 4.34. The Labute approximate surface area is 164 Å². The molecule has 4 rings (SSSR count). The number of halogens is 3. The van der Waals surface area contributed by atoms with Crippen LogP contribution in [0.15, 0.2) is 42.5 Å². The molecule has 2 aromatic carbocycles. The summed E-state index contributed by atoms with van der Waals surface area (Å²) in [7, 11) is 0. The first kappa shape index (κ1) is 19.1. The molecule has 7 nitrogen and oxygen atoms in total. The lowest BCUT2D eigenvalue weighted by Crippen LogP contribution is -2.18. The first-order chi connectivity index (χ1) is 13.9. The van der Waals surface area contributed by atoms with Crippen LogP contribution in [0.3, 0.4) is 0 Å². The van der Waals surface area contributed by atoms with Gasteiger partial charge < -0.3 is 20.5 Å². The van der Waals surface area contributed by atoms with Crippen molar-refractivity contribution in [2.75, 3.05) is 30.4 Å². The minimum absolute atomic E-state index is 0.129. The molecule has 1 aliphatic heterocycles. The van der Waals surface area contributed by atoms with Crippen LogP contribution in [0.5, 0.6) is 5.75 Å². The van der Waals surface area contributed by atoms with Gasteiger partial charge in [0.1, 0.15) is 12.4 Å². The fourth-order valence-electron chi connectivity index (χ4n) is 3.04. The second-order valence-electron chi connectivity index (χ2n) is 6.40. The molecule has 1 aromatic heterocycles. The molecule has 0 atom stereocenters. The molecule has 2 heterocycles. The van der Waals surface area contributed by atoms with E-state index in [2.05, 4.69) is 20.7 Å². The zero-order valence-corrected chi connectivity index (χ0v) is 15.2. The molecule has 0 fully saturated rings. The highest BCUT2D eigenvalue weighted by Gasteiger charge is 2.30. The Bertz CT molecular complexity index is 1020. The monoisotopic (exact) mass is 405 g/mol. The summed E-state index contributed by atoms with van der Waals surface area (Å²) in [6.07, 6.45) is -4.44. The normalized spacial score (nSPS) is 13.4. The number of ether oxygens (including phenoxy) is 1. The zero-order chi connectivity index (χ0) is 20.4. The molecule has 1 aliphatic rings. The number of aromatic nitrogens is 3. The van der Waals surface area contributed by atoms with Gasteiger partial charge in [-0.25, -0.2) is 4.68 Å². The van der Waals surface area contributed by atoms with E-state index in [4.69, 9.17) is 4.74 Å². The van der Waals surface area contributed by atoms with E-state index in [1.54, 1.807) is 0 Å². The zero-order valence-electron chi connectivity index (χ0n) is 15.2. The summed E-state index contributed by atoms with van der Waals surface area (Å²) in [5.74, 6) is 1.27. The van der Waals surface area contributed by atoms with Gasteiger partial charge in [0.2, 0.25) is 5.95 Å². The first-order valence-electron chi connectivity index (χ1n) is 8.95. The predicted molar refractivity (Wildman–Crippen MR) is 101 cm³/mol. The molecule has 0 unspecified atom stereocenters.